The number of anilines is 1. The highest BCUT2D eigenvalue weighted by Crippen LogP contribution is 2.24. The molecule has 1 saturated heterocycles. The van der Waals surface area contributed by atoms with E-state index in [2.05, 4.69) is 29.0 Å². The standard InChI is InChI=1S/C12H19N3O2S/c1-9(2)10-7-13-12(18-10)14-11(16)8-15-3-5-17-6-4-15/h7,9H,3-6,8H2,1-2H3,(H,13,14,16). The second kappa shape index (κ2) is 6.26. The third-order valence-corrected chi connectivity index (χ3v) is 4.02. The van der Waals surface area contributed by atoms with Crippen LogP contribution in [0.1, 0.15) is 24.6 Å². The van der Waals surface area contributed by atoms with Gasteiger partial charge in [-0.25, -0.2) is 4.98 Å². The van der Waals surface area contributed by atoms with Crippen molar-refractivity contribution >= 4 is 22.4 Å². The van der Waals surface area contributed by atoms with Crippen LogP contribution in [-0.2, 0) is 9.53 Å². The normalized spacial score (nSPS) is 17.1. The van der Waals surface area contributed by atoms with Gasteiger partial charge >= 0.3 is 0 Å². The van der Waals surface area contributed by atoms with Gasteiger partial charge in [-0.3, -0.25) is 9.69 Å². The highest BCUT2D eigenvalue weighted by molar-refractivity contribution is 7.15. The number of rotatable bonds is 4. The van der Waals surface area contributed by atoms with Crippen LogP contribution in [0, 0.1) is 0 Å². The van der Waals surface area contributed by atoms with Gasteiger partial charge in [0.2, 0.25) is 5.91 Å². The molecule has 1 fully saturated rings. The number of thiazole rings is 1. The molecule has 0 spiro atoms. The summed E-state index contributed by atoms with van der Waals surface area (Å²) in [6.45, 7) is 7.72. The number of hydrogen-bond acceptors (Lipinski definition) is 5. The zero-order valence-corrected chi connectivity index (χ0v) is 11.6. The van der Waals surface area contributed by atoms with Crippen molar-refractivity contribution in [1.82, 2.24) is 9.88 Å². The molecule has 1 amide bonds. The summed E-state index contributed by atoms with van der Waals surface area (Å²) >= 11 is 1.55. The van der Waals surface area contributed by atoms with E-state index in [0.717, 1.165) is 13.1 Å². The molecule has 0 saturated carbocycles. The van der Waals surface area contributed by atoms with Gasteiger partial charge in [0.25, 0.3) is 0 Å². The molecule has 1 aliphatic rings. The first-order chi connectivity index (χ1) is 8.65. The van der Waals surface area contributed by atoms with Crippen molar-refractivity contribution in [3.8, 4) is 0 Å². The maximum Gasteiger partial charge on any atom is 0.240 e. The zero-order chi connectivity index (χ0) is 13.0. The second-order valence-corrected chi connectivity index (χ2v) is 5.72. The van der Waals surface area contributed by atoms with Gasteiger partial charge in [0, 0.05) is 24.2 Å². The van der Waals surface area contributed by atoms with E-state index in [1.165, 1.54) is 4.88 Å². The summed E-state index contributed by atoms with van der Waals surface area (Å²) in [4.78, 5) is 19.3. The summed E-state index contributed by atoms with van der Waals surface area (Å²) in [7, 11) is 0. The lowest BCUT2D eigenvalue weighted by Gasteiger charge is -2.25. The molecule has 0 aromatic carbocycles. The largest absolute Gasteiger partial charge is 0.379 e. The minimum absolute atomic E-state index is 0.00144. The van der Waals surface area contributed by atoms with E-state index >= 15 is 0 Å². The Morgan fingerprint density at radius 1 is 1.56 bits per heavy atom. The molecule has 0 aliphatic carbocycles. The number of morpholine rings is 1. The third-order valence-electron chi connectivity index (χ3n) is 2.81. The Balaban J connectivity index is 1.82. The summed E-state index contributed by atoms with van der Waals surface area (Å²) in [5, 5.41) is 3.54. The van der Waals surface area contributed by atoms with E-state index in [1.54, 1.807) is 11.3 Å². The van der Waals surface area contributed by atoms with Crippen LogP contribution in [0.5, 0.6) is 0 Å². The predicted molar refractivity (Wildman–Crippen MR) is 72.1 cm³/mol. The maximum absolute atomic E-state index is 11.8. The number of ether oxygens (including phenoxy) is 1. The number of carbonyl (C=O) groups is 1. The molecule has 1 aromatic heterocycles. The van der Waals surface area contributed by atoms with Crippen molar-refractivity contribution in [2.45, 2.75) is 19.8 Å². The average Bonchev–Trinajstić information content (AvgIpc) is 2.78. The molecule has 6 heteroatoms. The summed E-state index contributed by atoms with van der Waals surface area (Å²) in [6, 6.07) is 0. The minimum Gasteiger partial charge on any atom is -0.379 e. The number of nitrogens with one attached hydrogen (secondary N) is 1. The van der Waals surface area contributed by atoms with Crippen LogP contribution in [0.3, 0.4) is 0 Å². The van der Waals surface area contributed by atoms with Crippen molar-refractivity contribution in [2.24, 2.45) is 0 Å². The molecule has 5 nitrogen and oxygen atoms in total. The number of amides is 1. The van der Waals surface area contributed by atoms with Crippen molar-refractivity contribution < 1.29 is 9.53 Å². The minimum atomic E-state index is 0.00144. The topological polar surface area (TPSA) is 54.5 Å². The zero-order valence-electron chi connectivity index (χ0n) is 10.8. The van der Waals surface area contributed by atoms with Gasteiger partial charge in [-0.2, -0.15) is 0 Å². The van der Waals surface area contributed by atoms with E-state index in [9.17, 15) is 4.79 Å². The summed E-state index contributed by atoms with van der Waals surface area (Å²) in [6.07, 6.45) is 1.83. The van der Waals surface area contributed by atoms with E-state index < -0.39 is 0 Å². The Kier molecular flexibility index (Phi) is 4.68. The fraction of sp³-hybridized carbons (Fsp3) is 0.667. The molecule has 2 heterocycles. The van der Waals surface area contributed by atoms with Crippen LogP contribution in [0.25, 0.3) is 0 Å². The lowest BCUT2D eigenvalue weighted by molar-refractivity contribution is -0.118. The van der Waals surface area contributed by atoms with Crippen LogP contribution < -0.4 is 5.32 Å². The smallest absolute Gasteiger partial charge is 0.240 e. The van der Waals surface area contributed by atoms with Crippen LogP contribution in [0.4, 0.5) is 5.13 Å². The molecule has 0 bridgehead atoms. The number of hydrogen-bond donors (Lipinski definition) is 1. The highest BCUT2D eigenvalue weighted by Gasteiger charge is 2.15. The maximum atomic E-state index is 11.8. The van der Waals surface area contributed by atoms with Gasteiger partial charge in [-0.15, -0.1) is 11.3 Å². The molecule has 0 atom stereocenters. The van der Waals surface area contributed by atoms with Crippen molar-refractivity contribution in [3.63, 3.8) is 0 Å². The molecular formula is C12H19N3O2S. The summed E-state index contributed by atoms with van der Waals surface area (Å²) in [5.41, 5.74) is 0. The van der Waals surface area contributed by atoms with Crippen molar-refractivity contribution in [3.05, 3.63) is 11.1 Å². The third kappa shape index (κ3) is 3.76. The first-order valence-corrected chi connectivity index (χ1v) is 7.02. The molecular weight excluding hydrogens is 250 g/mol. The predicted octanol–water partition coefficient (Wildman–Crippen LogP) is 1.54. The van der Waals surface area contributed by atoms with E-state index in [-0.39, 0.29) is 5.91 Å². The van der Waals surface area contributed by atoms with Gasteiger partial charge in [0.15, 0.2) is 5.13 Å². The van der Waals surface area contributed by atoms with Crippen molar-refractivity contribution in [1.29, 1.82) is 0 Å². The molecule has 18 heavy (non-hydrogen) atoms. The summed E-state index contributed by atoms with van der Waals surface area (Å²) in [5.74, 6) is 0.453. The fourth-order valence-corrected chi connectivity index (χ4v) is 2.57. The molecule has 2 rings (SSSR count). The molecule has 1 N–H and O–H groups in total. The van der Waals surface area contributed by atoms with E-state index in [1.807, 2.05) is 6.20 Å². The monoisotopic (exact) mass is 269 g/mol. The lowest BCUT2D eigenvalue weighted by atomic mass is 10.2. The first-order valence-electron chi connectivity index (χ1n) is 6.21. The molecule has 100 valence electrons. The van der Waals surface area contributed by atoms with E-state index in [4.69, 9.17) is 4.74 Å². The molecule has 1 aromatic rings. The number of carbonyl (C=O) groups excluding carboxylic acids is 1. The fourth-order valence-electron chi connectivity index (χ4n) is 1.73. The van der Waals surface area contributed by atoms with Gasteiger partial charge < -0.3 is 10.1 Å². The SMILES string of the molecule is CC(C)c1cnc(NC(=O)CN2CCOCC2)s1. The average molecular weight is 269 g/mol. The van der Waals surface area contributed by atoms with Gasteiger partial charge in [-0.05, 0) is 5.92 Å². The van der Waals surface area contributed by atoms with Gasteiger partial charge in [0.1, 0.15) is 0 Å². The van der Waals surface area contributed by atoms with Crippen LogP contribution in [-0.4, -0.2) is 48.6 Å². The highest BCUT2D eigenvalue weighted by atomic mass is 32.1. The summed E-state index contributed by atoms with van der Waals surface area (Å²) < 4.78 is 5.25. The number of aromatic nitrogens is 1. The van der Waals surface area contributed by atoms with Crippen LogP contribution in [0.15, 0.2) is 6.20 Å². The van der Waals surface area contributed by atoms with Crippen molar-refractivity contribution in [2.75, 3.05) is 38.2 Å². The quantitative estimate of drug-likeness (QED) is 0.901. The first kappa shape index (κ1) is 13.5. The van der Waals surface area contributed by atoms with Crippen LogP contribution in [0.2, 0.25) is 0 Å². The Morgan fingerprint density at radius 2 is 2.28 bits per heavy atom. The number of nitrogens with zero attached hydrogens (tertiary/aromatic N) is 2. The Morgan fingerprint density at radius 3 is 2.89 bits per heavy atom. The van der Waals surface area contributed by atoms with Gasteiger partial charge in [-0.1, -0.05) is 13.8 Å². The molecule has 0 radical (unpaired) electrons. The van der Waals surface area contributed by atoms with Crippen LogP contribution >= 0.6 is 11.3 Å². The molecule has 0 unspecified atom stereocenters. The Hall–Kier alpha value is -0.980. The van der Waals surface area contributed by atoms with E-state index in [0.29, 0.717) is 30.8 Å². The Labute approximate surface area is 111 Å². The lowest BCUT2D eigenvalue weighted by Crippen LogP contribution is -2.41. The second-order valence-electron chi connectivity index (χ2n) is 4.66. The van der Waals surface area contributed by atoms with Gasteiger partial charge in [0.05, 0.1) is 19.8 Å². The Bertz CT molecular complexity index is 400. The molecule has 1 aliphatic heterocycles.